The molecule has 0 unspecified atom stereocenters. The van der Waals surface area contributed by atoms with Crippen LogP contribution in [0.2, 0.25) is 0 Å². The van der Waals surface area contributed by atoms with Gasteiger partial charge in [-0.25, -0.2) is 0 Å². The van der Waals surface area contributed by atoms with Gasteiger partial charge >= 0.3 is 5.97 Å². The van der Waals surface area contributed by atoms with E-state index in [1.165, 1.54) is 7.11 Å². The first kappa shape index (κ1) is 17.3. The number of hydrogen-bond donors (Lipinski definition) is 1. The van der Waals surface area contributed by atoms with Crippen molar-refractivity contribution in [3.05, 3.63) is 29.3 Å². The van der Waals surface area contributed by atoms with Crippen molar-refractivity contribution in [2.45, 2.75) is 37.0 Å². The molecule has 2 saturated heterocycles. The maximum atomic E-state index is 13.2. The topological polar surface area (TPSA) is 79.3 Å². The van der Waals surface area contributed by atoms with Crippen molar-refractivity contribution < 1.29 is 24.2 Å². The van der Waals surface area contributed by atoms with Crippen LogP contribution in [0.4, 0.5) is 0 Å². The van der Waals surface area contributed by atoms with E-state index in [-0.39, 0.29) is 42.5 Å². The number of aliphatic hydroxyl groups is 1. The fourth-order valence-electron chi connectivity index (χ4n) is 5.21. The van der Waals surface area contributed by atoms with Gasteiger partial charge in [0.1, 0.15) is 5.75 Å². The number of methoxy groups -OCH3 is 2. The molecule has 1 N–H and O–H groups in total. The second-order valence-corrected chi connectivity index (χ2v) is 7.29. The molecule has 0 radical (unpaired) electrons. The van der Waals surface area contributed by atoms with Crippen LogP contribution < -0.4 is 4.74 Å². The molecule has 2 fully saturated rings. The van der Waals surface area contributed by atoms with Crippen LogP contribution in [0.1, 0.15) is 23.6 Å². The standard InChI is InChI=1S/C19H24N2O5/c1-20-13-8-11(19(24)26-3)17(20)12-7-10-5-4-6-15(25-2)16(10)14(9-22)21(12)18(13)23/h4-6,11-14,17,22H,7-9H2,1-3H3/t11-,12+,13+,14+,17-/m1/s1. The number of esters is 1. The number of rotatable bonds is 3. The van der Waals surface area contributed by atoms with E-state index < -0.39 is 6.04 Å². The van der Waals surface area contributed by atoms with Crippen molar-refractivity contribution in [2.75, 3.05) is 27.9 Å². The highest BCUT2D eigenvalue weighted by molar-refractivity contribution is 5.87. The van der Waals surface area contributed by atoms with Crippen molar-refractivity contribution >= 4 is 11.9 Å². The fourth-order valence-corrected chi connectivity index (χ4v) is 5.21. The van der Waals surface area contributed by atoms with Crippen molar-refractivity contribution in [3.8, 4) is 5.75 Å². The summed E-state index contributed by atoms with van der Waals surface area (Å²) in [5.74, 6) is 0.0517. The molecule has 7 nitrogen and oxygen atoms in total. The molecule has 140 valence electrons. The van der Waals surface area contributed by atoms with E-state index in [0.717, 1.165) is 11.1 Å². The smallest absolute Gasteiger partial charge is 0.310 e. The van der Waals surface area contributed by atoms with Crippen molar-refractivity contribution in [2.24, 2.45) is 5.92 Å². The predicted octanol–water partition coefficient (Wildman–Crippen LogP) is 0.357. The molecule has 1 aromatic carbocycles. The summed E-state index contributed by atoms with van der Waals surface area (Å²) in [5.41, 5.74) is 1.93. The minimum atomic E-state index is -0.456. The lowest BCUT2D eigenvalue weighted by molar-refractivity contribution is -0.155. The van der Waals surface area contributed by atoms with Gasteiger partial charge < -0.3 is 19.5 Å². The maximum Gasteiger partial charge on any atom is 0.310 e. The third-order valence-corrected chi connectivity index (χ3v) is 6.29. The number of ether oxygens (including phenoxy) is 2. The van der Waals surface area contributed by atoms with Gasteiger partial charge in [0.15, 0.2) is 0 Å². The number of carbonyl (C=O) groups is 2. The first-order valence-electron chi connectivity index (χ1n) is 8.92. The number of aliphatic hydroxyl groups excluding tert-OH is 1. The molecule has 5 atom stereocenters. The molecular formula is C19H24N2O5. The quantitative estimate of drug-likeness (QED) is 0.784. The lowest BCUT2D eigenvalue weighted by Crippen LogP contribution is -2.65. The summed E-state index contributed by atoms with van der Waals surface area (Å²) >= 11 is 0. The van der Waals surface area contributed by atoms with Gasteiger partial charge in [0.2, 0.25) is 5.91 Å². The van der Waals surface area contributed by atoms with Crippen molar-refractivity contribution in [1.29, 1.82) is 0 Å². The molecule has 1 amide bonds. The zero-order valence-electron chi connectivity index (χ0n) is 15.2. The lowest BCUT2D eigenvalue weighted by atomic mass is 9.81. The second-order valence-electron chi connectivity index (χ2n) is 7.29. The van der Waals surface area contributed by atoms with Crippen LogP contribution in [0.5, 0.6) is 5.75 Å². The van der Waals surface area contributed by atoms with Gasteiger partial charge in [0, 0.05) is 11.6 Å². The first-order valence-corrected chi connectivity index (χ1v) is 8.92. The zero-order chi connectivity index (χ0) is 18.6. The van der Waals surface area contributed by atoms with E-state index in [2.05, 4.69) is 0 Å². The van der Waals surface area contributed by atoms with Crippen LogP contribution in [-0.2, 0) is 20.7 Å². The molecule has 7 heteroatoms. The Kier molecular flexibility index (Phi) is 4.16. The average molecular weight is 360 g/mol. The highest BCUT2D eigenvalue weighted by Gasteiger charge is 2.59. The van der Waals surface area contributed by atoms with Crippen LogP contribution in [0.25, 0.3) is 0 Å². The number of carbonyl (C=O) groups excluding carboxylic acids is 2. The van der Waals surface area contributed by atoms with Crippen LogP contribution in [-0.4, -0.2) is 72.8 Å². The zero-order valence-corrected chi connectivity index (χ0v) is 15.2. The SMILES string of the molecule is COC(=O)[C@@H]1C[C@H]2C(=O)N3[C@@H](CO)c4c(cccc4OC)C[C@H]3[C@@H]1N2C. The summed E-state index contributed by atoms with van der Waals surface area (Å²) in [6.07, 6.45) is 1.09. The Balaban J connectivity index is 1.83. The highest BCUT2D eigenvalue weighted by Crippen LogP contribution is 2.47. The van der Waals surface area contributed by atoms with E-state index in [9.17, 15) is 14.7 Å². The largest absolute Gasteiger partial charge is 0.496 e. The van der Waals surface area contributed by atoms with Gasteiger partial charge in [-0.3, -0.25) is 14.5 Å². The third-order valence-electron chi connectivity index (χ3n) is 6.29. The van der Waals surface area contributed by atoms with Crippen LogP contribution in [0, 0.1) is 5.92 Å². The molecule has 4 rings (SSSR count). The molecule has 1 aromatic rings. The molecule has 2 bridgehead atoms. The summed E-state index contributed by atoms with van der Waals surface area (Å²) < 4.78 is 10.5. The van der Waals surface area contributed by atoms with E-state index in [4.69, 9.17) is 9.47 Å². The van der Waals surface area contributed by atoms with E-state index >= 15 is 0 Å². The minimum Gasteiger partial charge on any atom is -0.496 e. The number of piperazine rings is 1. The Bertz CT molecular complexity index is 751. The van der Waals surface area contributed by atoms with E-state index in [0.29, 0.717) is 18.6 Å². The van der Waals surface area contributed by atoms with Crippen LogP contribution in [0.15, 0.2) is 18.2 Å². The molecular weight excluding hydrogens is 336 g/mol. The van der Waals surface area contributed by atoms with Gasteiger partial charge in [0.25, 0.3) is 0 Å². The van der Waals surface area contributed by atoms with Crippen molar-refractivity contribution in [3.63, 3.8) is 0 Å². The molecule has 0 saturated carbocycles. The van der Waals surface area contributed by atoms with Gasteiger partial charge in [-0.15, -0.1) is 0 Å². The molecule has 3 aliphatic heterocycles. The highest BCUT2D eigenvalue weighted by atomic mass is 16.5. The Morgan fingerprint density at radius 3 is 2.77 bits per heavy atom. The first-order chi connectivity index (χ1) is 12.5. The van der Waals surface area contributed by atoms with Gasteiger partial charge in [-0.1, -0.05) is 12.1 Å². The Morgan fingerprint density at radius 2 is 2.12 bits per heavy atom. The normalized spacial score (nSPS) is 32.8. The minimum absolute atomic E-state index is 0.0317. The summed E-state index contributed by atoms with van der Waals surface area (Å²) in [6, 6.07) is 4.69. The summed E-state index contributed by atoms with van der Waals surface area (Å²) in [7, 11) is 4.89. The monoisotopic (exact) mass is 360 g/mol. The lowest BCUT2D eigenvalue weighted by Gasteiger charge is -2.51. The van der Waals surface area contributed by atoms with Crippen LogP contribution >= 0.6 is 0 Å². The molecule has 3 aliphatic rings. The number of fused-ring (bicyclic) bond motifs is 5. The number of benzene rings is 1. The Hall–Kier alpha value is -2.12. The second kappa shape index (κ2) is 6.25. The van der Waals surface area contributed by atoms with Crippen molar-refractivity contribution in [1.82, 2.24) is 9.80 Å². The molecule has 26 heavy (non-hydrogen) atoms. The maximum absolute atomic E-state index is 13.2. The Labute approximate surface area is 152 Å². The summed E-state index contributed by atoms with van der Waals surface area (Å²) in [5, 5.41) is 10.1. The van der Waals surface area contributed by atoms with E-state index in [1.807, 2.05) is 30.1 Å². The van der Waals surface area contributed by atoms with Crippen LogP contribution in [0.3, 0.4) is 0 Å². The molecule has 3 heterocycles. The fraction of sp³-hybridized carbons (Fsp3) is 0.579. The molecule has 0 spiro atoms. The summed E-state index contributed by atoms with van der Waals surface area (Å²) in [6.45, 7) is -0.179. The Morgan fingerprint density at radius 1 is 1.35 bits per heavy atom. The van der Waals surface area contributed by atoms with E-state index in [1.54, 1.807) is 12.0 Å². The molecule has 0 aliphatic carbocycles. The predicted molar refractivity (Wildman–Crippen MR) is 92.6 cm³/mol. The number of nitrogens with zero attached hydrogens (tertiary/aromatic N) is 2. The van der Waals surface area contributed by atoms with Gasteiger partial charge in [0.05, 0.1) is 44.9 Å². The average Bonchev–Trinajstić information content (AvgIpc) is 2.94. The number of amides is 1. The number of hydrogen-bond acceptors (Lipinski definition) is 6. The number of likely N-dealkylation sites (N-methyl/N-ethyl adjacent to an activating group) is 1. The summed E-state index contributed by atoms with van der Waals surface area (Å²) in [4.78, 5) is 29.4. The third kappa shape index (κ3) is 2.20. The van der Waals surface area contributed by atoms with Gasteiger partial charge in [-0.2, -0.15) is 0 Å². The van der Waals surface area contributed by atoms with Gasteiger partial charge in [-0.05, 0) is 31.5 Å². The molecule has 0 aromatic heterocycles.